The molecule has 0 saturated heterocycles. The molecule has 4 atom stereocenters. The molecule has 2 unspecified atom stereocenters. The first kappa shape index (κ1) is 17.9. The highest BCUT2D eigenvalue weighted by atomic mass is 35.5. The van der Waals surface area contributed by atoms with Gasteiger partial charge in [-0.3, -0.25) is 9.69 Å². The maximum absolute atomic E-state index is 14.1. The number of benzene rings is 1. The Morgan fingerprint density at radius 1 is 1.03 bits per heavy atom. The van der Waals surface area contributed by atoms with E-state index in [0.717, 1.165) is 67.7 Å². The zero-order chi connectivity index (χ0) is 19.8. The van der Waals surface area contributed by atoms with Crippen LogP contribution in [-0.4, -0.2) is 40.9 Å². The van der Waals surface area contributed by atoms with E-state index >= 15 is 0 Å². The number of carbonyl (C=O) groups is 1. The fourth-order valence-electron chi connectivity index (χ4n) is 6.98. The molecule has 1 aromatic carbocycles. The molecule has 4 fully saturated rings. The van der Waals surface area contributed by atoms with Gasteiger partial charge in [-0.2, -0.15) is 0 Å². The van der Waals surface area contributed by atoms with E-state index in [2.05, 4.69) is 11.9 Å². The van der Waals surface area contributed by atoms with E-state index in [0.29, 0.717) is 18.4 Å². The van der Waals surface area contributed by atoms with Gasteiger partial charge in [-0.05, 0) is 68.9 Å². The van der Waals surface area contributed by atoms with Crippen molar-refractivity contribution in [3.8, 4) is 0 Å². The SMILES string of the molecule is CN1CCCN(C(=O)C23C[C@@H]4C[C@@H](CC(Cl)(C4)C2)C3)c2nc3ccccc3nc21. The average molecular weight is 411 g/mol. The molecular formula is C23H27ClN4O. The van der Waals surface area contributed by atoms with E-state index < -0.39 is 0 Å². The Morgan fingerprint density at radius 2 is 1.69 bits per heavy atom. The van der Waals surface area contributed by atoms with Crippen LogP contribution in [0.2, 0.25) is 0 Å². The number of para-hydroxylation sites is 2. The standard InChI is InChI=1S/C23H27ClN4O/c1-27-7-4-8-28(20-19(27)25-17-5-2-3-6-18(17)26-20)21(29)22-10-15-9-16(11-22)13-23(24,12-15)14-22/h2-3,5-6,15-16H,4,7-14H2,1H3/t15-,16+,22?,23?. The Kier molecular flexibility index (Phi) is 3.75. The lowest BCUT2D eigenvalue weighted by molar-refractivity contribution is -0.141. The number of anilines is 2. The number of hydrogen-bond acceptors (Lipinski definition) is 4. The Bertz CT molecular complexity index is 994. The summed E-state index contributed by atoms with van der Waals surface area (Å²) >= 11 is 7.03. The molecule has 1 amide bonds. The van der Waals surface area contributed by atoms with Crippen LogP contribution >= 0.6 is 11.6 Å². The molecule has 0 spiro atoms. The van der Waals surface area contributed by atoms with E-state index in [1.54, 1.807) is 0 Å². The van der Waals surface area contributed by atoms with Crippen molar-refractivity contribution in [1.29, 1.82) is 0 Å². The number of rotatable bonds is 1. The summed E-state index contributed by atoms with van der Waals surface area (Å²) in [5, 5.41) is 0. The lowest BCUT2D eigenvalue weighted by atomic mass is 9.49. The minimum atomic E-state index is -0.306. The quantitative estimate of drug-likeness (QED) is 0.654. The van der Waals surface area contributed by atoms with Gasteiger partial charge in [0.1, 0.15) is 0 Å². The number of alkyl halides is 1. The highest BCUT2D eigenvalue weighted by molar-refractivity contribution is 6.24. The average Bonchev–Trinajstić information content (AvgIpc) is 2.83. The molecule has 6 heteroatoms. The largest absolute Gasteiger partial charge is 0.357 e. The summed E-state index contributed by atoms with van der Waals surface area (Å²) in [5.41, 5.74) is 1.42. The highest BCUT2D eigenvalue weighted by Crippen LogP contribution is 2.64. The molecular weight excluding hydrogens is 384 g/mol. The van der Waals surface area contributed by atoms with Gasteiger partial charge in [0, 0.05) is 25.0 Å². The molecule has 2 heterocycles. The highest BCUT2D eigenvalue weighted by Gasteiger charge is 2.61. The maximum atomic E-state index is 14.1. The van der Waals surface area contributed by atoms with Gasteiger partial charge < -0.3 is 4.90 Å². The van der Waals surface area contributed by atoms with Gasteiger partial charge in [0.25, 0.3) is 0 Å². The summed E-state index contributed by atoms with van der Waals surface area (Å²) in [6.07, 6.45) is 7.18. The van der Waals surface area contributed by atoms with Crippen molar-refractivity contribution >= 4 is 40.2 Å². The first-order valence-electron chi connectivity index (χ1n) is 10.9. The second-order valence-corrected chi connectivity index (χ2v) is 10.8. The minimum absolute atomic E-state index is 0.166. The summed E-state index contributed by atoms with van der Waals surface area (Å²) in [5.74, 6) is 3.01. The van der Waals surface area contributed by atoms with E-state index in [1.165, 1.54) is 6.42 Å². The predicted molar refractivity (Wildman–Crippen MR) is 115 cm³/mol. The van der Waals surface area contributed by atoms with Crippen molar-refractivity contribution in [2.24, 2.45) is 17.3 Å². The van der Waals surface area contributed by atoms with E-state index in [-0.39, 0.29) is 16.2 Å². The fourth-order valence-corrected chi connectivity index (χ4v) is 7.67. The fraction of sp³-hybridized carbons (Fsp3) is 0.609. The predicted octanol–water partition coefficient (Wildman–Crippen LogP) is 4.38. The monoisotopic (exact) mass is 410 g/mol. The first-order valence-corrected chi connectivity index (χ1v) is 11.3. The molecule has 4 saturated carbocycles. The summed E-state index contributed by atoms with van der Waals surface area (Å²) in [6.45, 7) is 1.58. The van der Waals surface area contributed by atoms with Crippen LogP contribution in [0, 0.1) is 17.3 Å². The van der Waals surface area contributed by atoms with Crippen LogP contribution in [0.5, 0.6) is 0 Å². The van der Waals surface area contributed by atoms with Crippen LogP contribution < -0.4 is 9.80 Å². The number of nitrogens with zero attached hydrogens (tertiary/aromatic N) is 4. The number of amides is 1. The number of aromatic nitrogens is 2. The molecule has 5 aliphatic rings. The molecule has 1 aromatic heterocycles. The first-order chi connectivity index (χ1) is 13.9. The lowest BCUT2D eigenvalue weighted by Gasteiger charge is -2.59. The van der Waals surface area contributed by atoms with Gasteiger partial charge in [-0.25, -0.2) is 9.97 Å². The zero-order valence-corrected chi connectivity index (χ0v) is 17.7. The van der Waals surface area contributed by atoms with E-state index in [1.807, 2.05) is 29.2 Å². The van der Waals surface area contributed by atoms with Crippen LogP contribution in [0.25, 0.3) is 11.0 Å². The minimum Gasteiger partial charge on any atom is -0.357 e. The van der Waals surface area contributed by atoms with Crippen LogP contribution in [-0.2, 0) is 4.79 Å². The van der Waals surface area contributed by atoms with Crippen molar-refractivity contribution in [2.45, 2.75) is 49.8 Å². The van der Waals surface area contributed by atoms with Crippen molar-refractivity contribution in [3.63, 3.8) is 0 Å². The zero-order valence-electron chi connectivity index (χ0n) is 16.9. The smallest absolute Gasteiger partial charge is 0.234 e. The maximum Gasteiger partial charge on any atom is 0.234 e. The van der Waals surface area contributed by atoms with E-state index in [9.17, 15) is 4.79 Å². The molecule has 0 N–H and O–H groups in total. The van der Waals surface area contributed by atoms with Gasteiger partial charge in [0.15, 0.2) is 11.6 Å². The third-order valence-electron chi connectivity index (χ3n) is 7.72. The molecule has 2 aromatic rings. The number of hydrogen-bond donors (Lipinski definition) is 0. The summed E-state index contributed by atoms with van der Waals surface area (Å²) in [7, 11) is 2.05. The lowest BCUT2D eigenvalue weighted by Crippen LogP contribution is -2.59. The van der Waals surface area contributed by atoms with Crippen molar-refractivity contribution in [1.82, 2.24) is 9.97 Å². The molecule has 1 aliphatic heterocycles. The van der Waals surface area contributed by atoms with Gasteiger partial charge >= 0.3 is 0 Å². The van der Waals surface area contributed by atoms with Crippen LogP contribution in [0.15, 0.2) is 24.3 Å². The second-order valence-electron chi connectivity index (χ2n) is 9.98. The third-order valence-corrected chi connectivity index (χ3v) is 8.16. The Morgan fingerprint density at radius 3 is 2.34 bits per heavy atom. The van der Waals surface area contributed by atoms with Gasteiger partial charge in [0.05, 0.1) is 16.4 Å². The summed E-state index contributed by atoms with van der Waals surface area (Å²) in [6, 6.07) is 7.93. The Balaban J connectivity index is 1.45. The van der Waals surface area contributed by atoms with Crippen molar-refractivity contribution < 1.29 is 4.79 Å². The summed E-state index contributed by atoms with van der Waals surface area (Å²) in [4.78, 5) is 27.9. The molecule has 4 aliphatic carbocycles. The Labute approximate surface area is 176 Å². The summed E-state index contributed by atoms with van der Waals surface area (Å²) < 4.78 is 0. The van der Waals surface area contributed by atoms with Crippen LogP contribution in [0.4, 0.5) is 11.6 Å². The normalized spacial score (nSPS) is 35.7. The van der Waals surface area contributed by atoms with Gasteiger partial charge in [-0.1, -0.05) is 12.1 Å². The van der Waals surface area contributed by atoms with Gasteiger partial charge in [0.2, 0.25) is 5.91 Å². The Hall–Kier alpha value is -1.88. The van der Waals surface area contributed by atoms with Crippen LogP contribution in [0.3, 0.4) is 0 Å². The molecule has 0 radical (unpaired) electrons. The van der Waals surface area contributed by atoms with Crippen molar-refractivity contribution in [3.05, 3.63) is 24.3 Å². The molecule has 5 nitrogen and oxygen atoms in total. The van der Waals surface area contributed by atoms with Gasteiger partial charge in [-0.15, -0.1) is 11.6 Å². The molecule has 4 bridgehead atoms. The van der Waals surface area contributed by atoms with Crippen molar-refractivity contribution in [2.75, 3.05) is 29.9 Å². The molecule has 29 heavy (non-hydrogen) atoms. The third kappa shape index (κ3) is 2.69. The molecule has 152 valence electrons. The number of carbonyl (C=O) groups excluding carboxylic acids is 1. The number of halogens is 1. The molecule has 7 rings (SSSR count). The number of fused-ring (bicyclic) bond motifs is 2. The van der Waals surface area contributed by atoms with Crippen LogP contribution in [0.1, 0.15) is 44.9 Å². The topological polar surface area (TPSA) is 49.3 Å². The van der Waals surface area contributed by atoms with E-state index in [4.69, 9.17) is 21.6 Å². The second kappa shape index (κ2) is 6.07.